The molecule has 0 radical (unpaired) electrons. The van der Waals surface area contributed by atoms with Crippen LogP contribution in [0.5, 0.6) is 0 Å². The fourth-order valence-electron chi connectivity index (χ4n) is 2.85. The highest BCUT2D eigenvalue weighted by molar-refractivity contribution is 5.89. The predicted molar refractivity (Wildman–Crippen MR) is 92.4 cm³/mol. The number of halogens is 2. The zero-order chi connectivity index (χ0) is 19.4. The monoisotopic (exact) mass is 380 g/mol. The topological polar surface area (TPSA) is 96.5 Å². The number of nitrogens with zero attached hydrogens (tertiary/aromatic N) is 5. The number of aromatic nitrogens is 2. The van der Waals surface area contributed by atoms with Gasteiger partial charge >= 0.3 is 12.6 Å². The lowest BCUT2D eigenvalue weighted by Gasteiger charge is -2.34. The Labute approximate surface area is 153 Å². The van der Waals surface area contributed by atoms with Gasteiger partial charge in [0.25, 0.3) is 5.69 Å². The summed E-state index contributed by atoms with van der Waals surface area (Å²) in [6, 6.07) is 5.35. The van der Waals surface area contributed by atoms with Gasteiger partial charge in [0.1, 0.15) is 5.82 Å². The summed E-state index contributed by atoms with van der Waals surface area (Å²) in [6.07, 6.45) is 2.58. The van der Waals surface area contributed by atoms with Crippen molar-refractivity contribution in [3.8, 4) is 0 Å². The van der Waals surface area contributed by atoms with Crippen molar-refractivity contribution in [3.05, 3.63) is 52.6 Å². The van der Waals surface area contributed by atoms with Gasteiger partial charge < -0.3 is 10.2 Å². The van der Waals surface area contributed by atoms with Crippen LogP contribution in [0.15, 0.2) is 36.7 Å². The van der Waals surface area contributed by atoms with E-state index in [1.807, 2.05) is 4.90 Å². The van der Waals surface area contributed by atoms with Crippen LogP contribution in [0, 0.1) is 10.1 Å². The number of carbonyl (C=O) groups excluding carboxylic acids is 1. The number of hydrogen-bond donors (Lipinski definition) is 1. The number of anilines is 1. The van der Waals surface area contributed by atoms with Crippen LogP contribution >= 0.6 is 0 Å². The van der Waals surface area contributed by atoms with Crippen LogP contribution in [0.25, 0.3) is 0 Å². The Kier molecular flexibility index (Phi) is 5.60. The Balaban J connectivity index is 1.53. The lowest BCUT2D eigenvalue weighted by Crippen LogP contribution is -2.49. The summed E-state index contributed by atoms with van der Waals surface area (Å²) >= 11 is 0. The van der Waals surface area contributed by atoms with E-state index in [0.717, 1.165) is 4.57 Å². The van der Waals surface area contributed by atoms with Crippen molar-refractivity contribution < 1.29 is 18.5 Å². The molecule has 0 aliphatic carbocycles. The van der Waals surface area contributed by atoms with Crippen molar-refractivity contribution in [2.75, 3.05) is 31.5 Å². The number of urea groups is 1. The molecule has 2 heterocycles. The Morgan fingerprint density at radius 3 is 2.70 bits per heavy atom. The largest absolute Gasteiger partial charge is 0.322 e. The standard InChI is InChI=1S/C16H18F2N6O3/c17-15(18)23-5-4-19-14(23)11-21-6-8-22(9-7-21)16(25)20-12-2-1-3-13(10-12)24(26)27/h1-5,10,15H,6-9,11H2,(H,20,25). The van der Waals surface area contributed by atoms with Crippen LogP contribution in [0.3, 0.4) is 0 Å². The highest BCUT2D eigenvalue weighted by Gasteiger charge is 2.23. The van der Waals surface area contributed by atoms with Gasteiger partial charge in [-0.3, -0.25) is 19.6 Å². The third-order valence-electron chi connectivity index (χ3n) is 4.29. The van der Waals surface area contributed by atoms with Crippen molar-refractivity contribution >= 4 is 17.4 Å². The molecule has 0 spiro atoms. The highest BCUT2D eigenvalue weighted by atomic mass is 19.3. The summed E-state index contributed by atoms with van der Waals surface area (Å²) in [5.74, 6) is 0.277. The molecule has 2 aromatic rings. The molecule has 3 rings (SSSR count). The first-order valence-corrected chi connectivity index (χ1v) is 8.26. The molecule has 1 N–H and O–H groups in total. The minimum atomic E-state index is -2.63. The predicted octanol–water partition coefficient (Wildman–Crippen LogP) is 2.54. The van der Waals surface area contributed by atoms with Gasteiger partial charge in [0.05, 0.1) is 11.5 Å². The van der Waals surface area contributed by atoms with E-state index in [0.29, 0.717) is 31.9 Å². The smallest absolute Gasteiger partial charge is 0.321 e. The number of nitro benzene ring substituents is 1. The molecule has 2 amide bonds. The Morgan fingerprint density at radius 2 is 2.04 bits per heavy atom. The average molecular weight is 380 g/mol. The number of piperazine rings is 1. The Morgan fingerprint density at radius 1 is 1.30 bits per heavy atom. The second-order valence-electron chi connectivity index (χ2n) is 6.03. The quantitative estimate of drug-likeness (QED) is 0.635. The average Bonchev–Trinajstić information content (AvgIpc) is 3.11. The molecular weight excluding hydrogens is 362 g/mol. The second-order valence-corrected chi connectivity index (χ2v) is 6.03. The van der Waals surface area contributed by atoms with Crippen molar-refractivity contribution in [1.82, 2.24) is 19.4 Å². The summed E-state index contributed by atoms with van der Waals surface area (Å²) in [6.45, 7) is -0.509. The molecule has 0 bridgehead atoms. The number of rotatable bonds is 5. The van der Waals surface area contributed by atoms with Gasteiger partial charge in [-0.2, -0.15) is 8.78 Å². The Bertz CT molecular complexity index is 820. The van der Waals surface area contributed by atoms with Gasteiger partial charge in [0, 0.05) is 56.4 Å². The van der Waals surface area contributed by atoms with E-state index in [9.17, 15) is 23.7 Å². The van der Waals surface area contributed by atoms with E-state index in [-0.39, 0.29) is 24.1 Å². The van der Waals surface area contributed by atoms with Crippen molar-refractivity contribution in [2.24, 2.45) is 0 Å². The molecule has 1 fully saturated rings. The fourth-order valence-corrected chi connectivity index (χ4v) is 2.85. The van der Waals surface area contributed by atoms with Crippen molar-refractivity contribution in [2.45, 2.75) is 13.1 Å². The SMILES string of the molecule is O=C(Nc1cccc([N+](=O)[O-])c1)N1CCN(Cc2nccn2C(F)F)CC1. The third kappa shape index (κ3) is 4.56. The van der Waals surface area contributed by atoms with Crippen LogP contribution in [0.1, 0.15) is 12.4 Å². The normalized spacial score (nSPS) is 15.1. The van der Waals surface area contributed by atoms with Gasteiger partial charge in [-0.25, -0.2) is 9.78 Å². The molecule has 1 aliphatic rings. The first-order valence-electron chi connectivity index (χ1n) is 8.26. The maximum atomic E-state index is 12.9. The first kappa shape index (κ1) is 18.7. The molecule has 0 unspecified atom stereocenters. The minimum absolute atomic E-state index is 0.104. The molecular formula is C16H18F2N6O3. The first-order chi connectivity index (χ1) is 12.9. The van der Waals surface area contributed by atoms with Crippen LogP contribution in [-0.4, -0.2) is 56.5 Å². The molecule has 27 heavy (non-hydrogen) atoms. The highest BCUT2D eigenvalue weighted by Crippen LogP contribution is 2.18. The second kappa shape index (κ2) is 8.08. The van der Waals surface area contributed by atoms with E-state index >= 15 is 0 Å². The number of imidazole rings is 1. The minimum Gasteiger partial charge on any atom is -0.322 e. The molecule has 1 aliphatic heterocycles. The number of hydrogen-bond acceptors (Lipinski definition) is 5. The number of benzene rings is 1. The van der Waals surface area contributed by atoms with Gasteiger partial charge in [0.15, 0.2) is 0 Å². The van der Waals surface area contributed by atoms with Gasteiger partial charge in [-0.1, -0.05) is 6.07 Å². The summed E-state index contributed by atoms with van der Waals surface area (Å²) < 4.78 is 26.6. The van der Waals surface area contributed by atoms with E-state index in [1.165, 1.54) is 30.6 Å². The maximum Gasteiger partial charge on any atom is 0.321 e. The lowest BCUT2D eigenvalue weighted by atomic mass is 10.3. The van der Waals surface area contributed by atoms with E-state index in [2.05, 4.69) is 10.3 Å². The molecule has 1 aromatic carbocycles. The maximum absolute atomic E-state index is 12.9. The summed E-state index contributed by atoms with van der Waals surface area (Å²) in [4.78, 5) is 30.1. The number of nitro groups is 1. The molecule has 144 valence electrons. The van der Waals surface area contributed by atoms with Crippen LogP contribution in [0.2, 0.25) is 0 Å². The van der Waals surface area contributed by atoms with E-state index < -0.39 is 11.5 Å². The van der Waals surface area contributed by atoms with Crippen LogP contribution in [-0.2, 0) is 6.54 Å². The molecule has 11 heteroatoms. The van der Waals surface area contributed by atoms with Crippen LogP contribution in [0.4, 0.5) is 25.0 Å². The molecule has 1 saturated heterocycles. The fraction of sp³-hybridized carbons (Fsp3) is 0.375. The summed E-state index contributed by atoms with van der Waals surface area (Å²) in [7, 11) is 0. The van der Waals surface area contributed by atoms with Gasteiger partial charge in [0.2, 0.25) is 0 Å². The van der Waals surface area contributed by atoms with Crippen LogP contribution < -0.4 is 5.32 Å². The number of amides is 2. The van der Waals surface area contributed by atoms with Crippen molar-refractivity contribution in [3.63, 3.8) is 0 Å². The van der Waals surface area contributed by atoms with E-state index in [1.54, 1.807) is 11.0 Å². The molecule has 9 nitrogen and oxygen atoms in total. The molecule has 0 atom stereocenters. The lowest BCUT2D eigenvalue weighted by molar-refractivity contribution is -0.384. The molecule has 0 saturated carbocycles. The Hall–Kier alpha value is -3.08. The van der Waals surface area contributed by atoms with E-state index in [4.69, 9.17) is 0 Å². The number of alkyl halides is 2. The number of carbonyl (C=O) groups is 1. The number of nitrogens with one attached hydrogen (secondary N) is 1. The third-order valence-corrected chi connectivity index (χ3v) is 4.29. The number of non-ortho nitro benzene ring substituents is 1. The van der Waals surface area contributed by atoms with Gasteiger partial charge in [-0.15, -0.1) is 0 Å². The zero-order valence-electron chi connectivity index (χ0n) is 14.3. The summed E-state index contributed by atoms with van der Waals surface area (Å²) in [5.41, 5.74) is 0.239. The van der Waals surface area contributed by atoms with Gasteiger partial charge in [-0.05, 0) is 6.07 Å². The molecule has 1 aromatic heterocycles. The van der Waals surface area contributed by atoms with Crippen molar-refractivity contribution in [1.29, 1.82) is 0 Å². The summed E-state index contributed by atoms with van der Waals surface area (Å²) in [5, 5.41) is 13.4. The zero-order valence-corrected chi connectivity index (χ0v) is 14.3.